The maximum absolute atomic E-state index is 5.50. The van der Waals surface area contributed by atoms with Gasteiger partial charge >= 0.3 is 0 Å². The van der Waals surface area contributed by atoms with E-state index in [0.717, 1.165) is 39.0 Å². The predicted octanol–water partition coefficient (Wildman–Crippen LogP) is 3.91. The molecule has 0 bridgehead atoms. The molecule has 3 nitrogen and oxygen atoms in total. The van der Waals surface area contributed by atoms with Crippen LogP contribution < -0.4 is 5.32 Å². The van der Waals surface area contributed by atoms with Crippen LogP contribution in [0.5, 0.6) is 0 Å². The van der Waals surface area contributed by atoms with Gasteiger partial charge in [0.15, 0.2) is 0 Å². The lowest BCUT2D eigenvalue weighted by atomic mass is 9.91. The topological polar surface area (TPSA) is 34.2 Å². The fourth-order valence-corrected chi connectivity index (χ4v) is 3.79. The second-order valence-electron chi connectivity index (χ2n) is 6.70. The number of hydrogen-bond acceptors (Lipinski definition) is 4. The quantitative estimate of drug-likeness (QED) is 0.894. The van der Waals surface area contributed by atoms with Crippen LogP contribution in [-0.4, -0.2) is 24.7 Å². The van der Waals surface area contributed by atoms with Crippen molar-refractivity contribution in [3.8, 4) is 0 Å². The van der Waals surface area contributed by atoms with Crippen LogP contribution in [0.4, 0.5) is 0 Å². The summed E-state index contributed by atoms with van der Waals surface area (Å²) in [6.45, 7) is 11.8. The van der Waals surface area contributed by atoms with Crippen LogP contribution in [0.2, 0.25) is 0 Å². The van der Waals surface area contributed by atoms with Gasteiger partial charge in [0.25, 0.3) is 0 Å². The third kappa shape index (κ3) is 4.03. The molecule has 2 heterocycles. The van der Waals surface area contributed by atoms with E-state index in [4.69, 9.17) is 9.72 Å². The highest BCUT2D eigenvalue weighted by Crippen LogP contribution is 2.34. The third-order valence-electron chi connectivity index (χ3n) is 3.91. The minimum absolute atomic E-state index is 0.139. The van der Waals surface area contributed by atoms with Crippen LogP contribution in [0, 0.1) is 5.92 Å². The van der Waals surface area contributed by atoms with E-state index in [0.29, 0.717) is 12.0 Å². The average molecular weight is 296 g/mol. The Kier molecular flexibility index (Phi) is 5.58. The number of nitrogens with zero attached hydrogens (tertiary/aromatic N) is 1. The zero-order valence-electron chi connectivity index (χ0n) is 13.2. The molecule has 1 aliphatic heterocycles. The minimum Gasteiger partial charge on any atom is -0.381 e. The van der Waals surface area contributed by atoms with Crippen molar-refractivity contribution in [1.82, 2.24) is 10.3 Å². The summed E-state index contributed by atoms with van der Waals surface area (Å²) in [5, 5.41) is 7.20. The fourth-order valence-electron chi connectivity index (χ4n) is 2.58. The summed E-state index contributed by atoms with van der Waals surface area (Å²) in [7, 11) is 0. The van der Waals surface area contributed by atoms with Gasteiger partial charge in [-0.05, 0) is 31.7 Å². The number of aromatic nitrogens is 1. The molecule has 0 amide bonds. The van der Waals surface area contributed by atoms with E-state index in [2.05, 4.69) is 38.4 Å². The summed E-state index contributed by atoms with van der Waals surface area (Å²) in [6.07, 6.45) is 3.45. The Morgan fingerprint density at radius 2 is 2.10 bits per heavy atom. The van der Waals surface area contributed by atoms with Crippen molar-refractivity contribution >= 4 is 11.3 Å². The maximum atomic E-state index is 5.50. The molecule has 114 valence electrons. The molecule has 4 heteroatoms. The molecule has 1 unspecified atom stereocenters. The molecule has 0 aliphatic carbocycles. The van der Waals surface area contributed by atoms with E-state index in [1.54, 1.807) is 0 Å². The highest BCUT2D eigenvalue weighted by molar-refractivity contribution is 7.09. The highest BCUT2D eigenvalue weighted by Gasteiger charge is 2.28. The predicted molar refractivity (Wildman–Crippen MR) is 85.4 cm³/mol. The van der Waals surface area contributed by atoms with Crippen LogP contribution in [0.3, 0.4) is 0 Å². The lowest BCUT2D eigenvalue weighted by Gasteiger charge is -2.30. The number of thiazole rings is 1. The van der Waals surface area contributed by atoms with Crippen molar-refractivity contribution in [2.75, 3.05) is 19.8 Å². The number of hydrogen-bond donors (Lipinski definition) is 1. The Labute approximate surface area is 127 Å². The van der Waals surface area contributed by atoms with Gasteiger partial charge in [0.1, 0.15) is 5.01 Å². The maximum Gasteiger partial charge on any atom is 0.110 e. The fraction of sp³-hybridized carbons (Fsp3) is 0.812. The third-order valence-corrected chi connectivity index (χ3v) is 4.84. The van der Waals surface area contributed by atoms with Gasteiger partial charge in [-0.2, -0.15) is 0 Å². The molecule has 2 rings (SSSR count). The molecule has 20 heavy (non-hydrogen) atoms. The Balaban J connectivity index is 2.14. The number of ether oxygens (including phenoxy) is 1. The summed E-state index contributed by atoms with van der Waals surface area (Å²) in [6, 6.07) is 0.403. The first kappa shape index (κ1) is 15.9. The first-order chi connectivity index (χ1) is 9.52. The van der Waals surface area contributed by atoms with Gasteiger partial charge in [-0.1, -0.05) is 27.7 Å². The van der Waals surface area contributed by atoms with Crippen molar-refractivity contribution in [1.29, 1.82) is 0 Å². The number of nitrogens with one attached hydrogen (secondary N) is 1. The minimum atomic E-state index is 0.139. The number of rotatable bonds is 5. The standard InChI is InChI=1S/C16H28N2OS/c1-5-8-17-14(12-6-9-19-10-7-12)15-18-13(11-20-15)16(2,3)4/h11-12,14,17H,5-10H2,1-4H3. The second-order valence-corrected chi connectivity index (χ2v) is 7.59. The van der Waals surface area contributed by atoms with Gasteiger partial charge in [-0.25, -0.2) is 4.98 Å². The van der Waals surface area contributed by atoms with Gasteiger partial charge in [-0.15, -0.1) is 11.3 Å². The summed E-state index contributed by atoms with van der Waals surface area (Å²) in [5.41, 5.74) is 1.35. The van der Waals surface area contributed by atoms with Crippen LogP contribution in [0.1, 0.15) is 63.7 Å². The molecule has 1 aromatic rings. The van der Waals surface area contributed by atoms with E-state index >= 15 is 0 Å². The van der Waals surface area contributed by atoms with E-state index < -0.39 is 0 Å². The van der Waals surface area contributed by atoms with Crippen molar-refractivity contribution in [3.63, 3.8) is 0 Å². The monoisotopic (exact) mass is 296 g/mol. The normalized spacial score (nSPS) is 19.2. The summed E-state index contributed by atoms with van der Waals surface area (Å²) >= 11 is 1.81. The smallest absolute Gasteiger partial charge is 0.110 e. The van der Waals surface area contributed by atoms with E-state index in [9.17, 15) is 0 Å². The Hall–Kier alpha value is -0.450. The van der Waals surface area contributed by atoms with Gasteiger partial charge in [0.2, 0.25) is 0 Å². The molecule has 1 N–H and O–H groups in total. The highest BCUT2D eigenvalue weighted by atomic mass is 32.1. The molecule has 1 aliphatic rings. The average Bonchev–Trinajstić information content (AvgIpc) is 2.90. The lowest BCUT2D eigenvalue weighted by molar-refractivity contribution is 0.0535. The van der Waals surface area contributed by atoms with E-state index in [1.807, 2.05) is 11.3 Å². The molecule has 0 radical (unpaired) electrons. The SMILES string of the molecule is CCCNC(c1nc(C(C)(C)C)cs1)C1CCOCC1. The molecule has 1 aromatic heterocycles. The van der Waals surface area contributed by atoms with Gasteiger partial charge in [0.05, 0.1) is 11.7 Å². The largest absolute Gasteiger partial charge is 0.381 e. The van der Waals surface area contributed by atoms with Crippen molar-refractivity contribution in [2.24, 2.45) is 5.92 Å². The van der Waals surface area contributed by atoms with Crippen LogP contribution in [0.25, 0.3) is 0 Å². The molecule has 1 fully saturated rings. The molecule has 1 atom stereocenters. The first-order valence-electron chi connectivity index (χ1n) is 7.79. The van der Waals surface area contributed by atoms with Crippen molar-refractivity contribution in [2.45, 2.75) is 58.4 Å². The van der Waals surface area contributed by atoms with Gasteiger partial charge in [0, 0.05) is 24.0 Å². The van der Waals surface area contributed by atoms with Crippen LogP contribution in [0.15, 0.2) is 5.38 Å². The molecular formula is C16H28N2OS. The Morgan fingerprint density at radius 3 is 2.65 bits per heavy atom. The molecule has 0 spiro atoms. The molecule has 0 saturated carbocycles. The van der Waals surface area contributed by atoms with E-state index in [1.165, 1.54) is 10.7 Å². The van der Waals surface area contributed by atoms with Gasteiger partial charge < -0.3 is 10.1 Å². The van der Waals surface area contributed by atoms with Crippen molar-refractivity contribution < 1.29 is 4.74 Å². The Morgan fingerprint density at radius 1 is 1.40 bits per heavy atom. The van der Waals surface area contributed by atoms with Crippen LogP contribution >= 0.6 is 11.3 Å². The molecule has 1 saturated heterocycles. The Bertz CT molecular complexity index is 405. The lowest BCUT2D eigenvalue weighted by Crippen LogP contribution is -2.32. The van der Waals surface area contributed by atoms with E-state index in [-0.39, 0.29) is 5.41 Å². The first-order valence-corrected chi connectivity index (χ1v) is 8.67. The molecular weight excluding hydrogens is 268 g/mol. The summed E-state index contributed by atoms with van der Waals surface area (Å²) in [5.74, 6) is 0.661. The molecule has 0 aromatic carbocycles. The summed E-state index contributed by atoms with van der Waals surface area (Å²) in [4.78, 5) is 4.93. The van der Waals surface area contributed by atoms with Crippen LogP contribution in [-0.2, 0) is 10.2 Å². The summed E-state index contributed by atoms with van der Waals surface area (Å²) < 4.78 is 5.50. The zero-order chi connectivity index (χ0) is 14.6. The zero-order valence-corrected chi connectivity index (χ0v) is 14.1. The van der Waals surface area contributed by atoms with Gasteiger partial charge in [-0.3, -0.25) is 0 Å². The van der Waals surface area contributed by atoms with Crippen molar-refractivity contribution in [3.05, 3.63) is 16.1 Å². The second kappa shape index (κ2) is 7.01.